The second kappa shape index (κ2) is 5.18. The molecule has 1 amide bonds. The average Bonchev–Trinajstić information content (AvgIpc) is 2.74. The highest BCUT2D eigenvalue weighted by atomic mass is 127. The number of hydrogen-bond acceptors (Lipinski definition) is 3. The minimum absolute atomic E-state index is 0.0762. The van der Waals surface area contributed by atoms with E-state index in [0.29, 0.717) is 5.56 Å². The predicted octanol–water partition coefficient (Wildman–Crippen LogP) is 2.43. The largest absolute Gasteiger partial charge is 0.301 e. The molecule has 0 atom stereocenters. The standard InChI is InChI=1S/C11H11IN2OS/c1-7-6-8(2-3-9(7)12)10(15)14-11-13-4-5-16-11/h2-3,6H,4-5H2,1H3,(H,13,14,15). The number of carbonyl (C=O) groups is 1. The van der Waals surface area contributed by atoms with Crippen LogP contribution in [-0.4, -0.2) is 23.4 Å². The summed E-state index contributed by atoms with van der Waals surface area (Å²) in [5, 5.41) is 3.55. The lowest BCUT2D eigenvalue weighted by Crippen LogP contribution is -2.27. The zero-order valence-corrected chi connectivity index (χ0v) is 11.8. The van der Waals surface area contributed by atoms with Gasteiger partial charge in [0, 0.05) is 14.9 Å². The van der Waals surface area contributed by atoms with Crippen molar-refractivity contribution in [2.45, 2.75) is 6.92 Å². The molecule has 0 fully saturated rings. The molecule has 1 aliphatic rings. The molecular formula is C11H11IN2OS. The lowest BCUT2D eigenvalue weighted by Gasteiger charge is -2.05. The molecule has 0 aliphatic carbocycles. The normalized spacial score (nSPS) is 14.8. The van der Waals surface area contributed by atoms with Gasteiger partial charge in [-0.05, 0) is 53.3 Å². The van der Waals surface area contributed by atoms with Gasteiger partial charge in [0.1, 0.15) is 0 Å². The van der Waals surface area contributed by atoms with Crippen molar-refractivity contribution in [3.63, 3.8) is 0 Å². The number of aryl methyl sites for hydroxylation is 1. The fraction of sp³-hybridized carbons (Fsp3) is 0.273. The average molecular weight is 346 g/mol. The molecule has 0 radical (unpaired) electrons. The zero-order valence-electron chi connectivity index (χ0n) is 8.79. The number of hydrogen-bond donors (Lipinski definition) is 1. The van der Waals surface area contributed by atoms with Gasteiger partial charge >= 0.3 is 0 Å². The van der Waals surface area contributed by atoms with E-state index in [-0.39, 0.29) is 5.91 Å². The van der Waals surface area contributed by atoms with E-state index in [2.05, 4.69) is 32.9 Å². The van der Waals surface area contributed by atoms with Gasteiger partial charge in [-0.3, -0.25) is 9.79 Å². The first-order chi connectivity index (χ1) is 7.66. The van der Waals surface area contributed by atoms with Crippen LogP contribution in [0, 0.1) is 10.5 Å². The summed E-state index contributed by atoms with van der Waals surface area (Å²) in [6.45, 7) is 2.80. The monoisotopic (exact) mass is 346 g/mol. The van der Waals surface area contributed by atoms with Gasteiger partial charge in [-0.1, -0.05) is 11.8 Å². The molecule has 5 heteroatoms. The summed E-state index contributed by atoms with van der Waals surface area (Å²) in [7, 11) is 0. The molecule has 2 rings (SSSR count). The van der Waals surface area contributed by atoms with Crippen LogP contribution in [0.3, 0.4) is 0 Å². The summed E-state index contributed by atoms with van der Waals surface area (Å²) < 4.78 is 1.17. The topological polar surface area (TPSA) is 41.5 Å². The molecule has 0 unspecified atom stereocenters. The molecule has 84 valence electrons. The first-order valence-electron chi connectivity index (χ1n) is 4.91. The highest BCUT2D eigenvalue weighted by molar-refractivity contribution is 14.1. The Morgan fingerprint density at radius 1 is 1.56 bits per heavy atom. The van der Waals surface area contributed by atoms with Crippen molar-refractivity contribution in [2.24, 2.45) is 4.99 Å². The lowest BCUT2D eigenvalue weighted by atomic mass is 10.1. The molecule has 0 spiro atoms. The van der Waals surface area contributed by atoms with E-state index >= 15 is 0 Å². The van der Waals surface area contributed by atoms with Gasteiger partial charge in [0.05, 0.1) is 6.54 Å². The van der Waals surface area contributed by atoms with Crippen molar-refractivity contribution >= 4 is 45.4 Å². The quantitative estimate of drug-likeness (QED) is 0.794. The van der Waals surface area contributed by atoms with Gasteiger partial charge in [-0.25, -0.2) is 0 Å². The van der Waals surface area contributed by atoms with Gasteiger partial charge in [0.25, 0.3) is 5.91 Å². The molecule has 1 heterocycles. The van der Waals surface area contributed by atoms with Crippen molar-refractivity contribution in [3.8, 4) is 0 Å². The minimum Gasteiger partial charge on any atom is -0.301 e. The summed E-state index contributed by atoms with van der Waals surface area (Å²) in [5.41, 5.74) is 1.81. The van der Waals surface area contributed by atoms with Gasteiger partial charge in [0.2, 0.25) is 0 Å². The Morgan fingerprint density at radius 2 is 2.38 bits per heavy atom. The summed E-state index contributed by atoms with van der Waals surface area (Å²) in [4.78, 5) is 16.0. The Morgan fingerprint density at radius 3 is 3.00 bits per heavy atom. The highest BCUT2D eigenvalue weighted by Crippen LogP contribution is 2.14. The van der Waals surface area contributed by atoms with E-state index in [9.17, 15) is 4.79 Å². The fourth-order valence-electron chi connectivity index (χ4n) is 1.37. The number of nitrogens with zero attached hydrogens (tertiary/aromatic N) is 1. The molecular weight excluding hydrogens is 335 g/mol. The molecule has 16 heavy (non-hydrogen) atoms. The van der Waals surface area contributed by atoms with Gasteiger partial charge < -0.3 is 5.32 Å². The van der Waals surface area contributed by atoms with E-state index in [1.54, 1.807) is 11.8 Å². The van der Waals surface area contributed by atoms with Crippen LogP contribution in [0.15, 0.2) is 23.2 Å². The molecule has 0 aromatic heterocycles. The first kappa shape index (κ1) is 11.9. The summed E-state index contributed by atoms with van der Waals surface area (Å²) in [6.07, 6.45) is 0. The third kappa shape index (κ3) is 2.76. The van der Waals surface area contributed by atoms with E-state index in [1.165, 1.54) is 3.57 Å². The maximum Gasteiger partial charge on any atom is 0.257 e. The molecule has 0 bridgehead atoms. The number of amidine groups is 1. The van der Waals surface area contributed by atoms with Gasteiger partial charge in [0.15, 0.2) is 5.17 Å². The molecule has 1 aromatic carbocycles. The van der Waals surface area contributed by atoms with Crippen LogP contribution in [0.25, 0.3) is 0 Å². The molecule has 0 saturated heterocycles. The van der Waals surface area contributed by atoms with Crippen molar-refractivity contribution in [1.29, 1.82) is 0 Å². The van der Waals surface area contributed by atoms with E-state index in [1.807, 2.05) is 25.1 Å². The number of rotatable bonds is 1. The summed E-state index contributed by atoms with van der Waals surface area (Å²) >= 11 is 3.84. The maximum absolute atomic E-state index is 11.9. The third-order valence-electron chi connectivity index (χ3n) is 2.23. The Kier molecular flexibility index (Phi) is 3.86. The SMILES string of the molecule is Cc1cc(C(=O)NC2=NCCS2)ccc1I. The smallest absolute Gasteiger partial charge is 0.257 e. The van der Waals surface area contributed by atoms with E-state index in [4.69, 9.17) is 0 Å². The van der Waals surface area contributed by atoms with Crippen LogP contribution >= 0.6 is 34.4 Å². The second-order valence-electron chi connectivity index (χ2n) is 3.45. The Bertz CT molecular complexity index is 459. The number of halogens is 1. The molecule has 1 aliphatic heterocycles. The van der Waals surface area contributed by atoms with Gasteiger partial charge in [-0.2, -0.15) is 0 Å². The van der Waals surface area contributed by atoms with Crippen LogP contribution in [0.1, 0.15) is 15.9 Å². The van der Waals surface area contributed by atoms with Crippen molar-refractivity contribution in [3.05, 3.63) is 32.9 Å². The number of aliphatic imine (C=N–C) groups is 1. The third-order valence-corrected chi connectivity index (χ3v) is 4.33. The van der Waals surface area contributed by atoms with E-state index < -0.39 is 0 Å². The molecule has 1 N–H and O–H groups in total. The number of benzene rings is 1. The number of amides is 1. The van der Waals surface area contributed by atoms with Crippen LogP contribution in [0.4, 0.5) is 0 Å². The Hall–Kier alpha value is -0.560. The number of nitrogens with one attached hydrogen (secondary N) is 1. The lowest BCUT2D eigenvalue weighted by molar-refractivity contribution is 0.0978. The predicted molar refractivity (Wildman–Crippen MR) is 76.1 cm³/mol. The Balaban J connectivity index is 2.11. The Labute approximate surface area is 112 Å². The highest BCUT2D eigenvalue weighted by Gasteiger charge is 2.12. The number of thioether (sulfide) groups is 1. The zero-order chi connectivity index (χ0) is 11.5. The molecule has 3 nitrogen and oxygen atoms in total. The minimum atomic E-state index is -0.0762. The fourth-order valence-corrected chi connectivity index (χ4v) is 2.42. The van der Waals surface area contributed by atoms with Crippen LogP contribution in [0.2, 0.25) is 0 Å². The summed E-state index contributed by atoms with van der Waals surface area (Å²) in [5.74, 6) is 0.883. The van der Waals surface area contributed by atoms with Crippen LogP contribution < -0.4 is 5.32 Å². The van der Waals surface area contributed by atoms with Crippen LogP contribution in [-0.2, 0) is 0 Å². The van der Waals surface area contributed by atoms with Crippen LogP contribution in [0.5, 0.6) is 0 Å². The maximum atomic E-state index is 11.9. The second-order valence-corrected chi connectivity index (χ2v) is 5.70. The van der Waals surface area contributed by atoms with Crippen molar-refractivity contribution in [2.75, 3.05) is 12.3 Å². The molecule has 1 aromatic rings. The summed E-state index contributed by atoms with van der Waals surface area (Å²) in [6, 6.07) is 5.69. The van der Waals surface area contributed by atoms with E-state index in [0.717, 1.165) is 23.0 Å². The van der Waals surface area contributed by atoms with Gasteiger partial charge in [-0.15, -0.1) is 0 Å². The number of carbonyl (C=O) groups excluding carboxylic acids is 1. The van der Waals surface area contributed by atoms with Crippen molar-refractivity contribution < 1.29 is 4.79 Å². The first-order valence-corrected chi connectivity index (χ1v) is 6.98. The molecule has 0 saturated carbocycles. The van der Waals surface area contributed by atoms with Crippen molar-refractivity contribution in [1.82, 2.24) is 5.32 Å².